The van der Waals surface area contributed by atoms with E-state index < -0.39 is 5.91 Å². The molecule has 7 heteroatoms. The standard InChI is InChI=1S/C25H27N3O4/c1-18(20-6-3-2-4-7-20)28-25(30)21(15-26)14-19-9-11-22(12-10-19)32-17-24(29)27-16-23-8-5-13-31-23/h2-4,6-7,9-12,14,18,23H,5,8,13,16-17H2,1H3,(H,27,29)(H,28,30)/b21-14+/t18-,23+/m0/s1. The Morgan fingerprint density at radius 1 is 1.22 bits per heavy atom. The van der Waals surface area contributed by atoms with Crippen molar-refractivity contribution in [2.75, 3.05) is 19.8 Å². The van der Waals surface area contributed by atoms with E-state index in [4.69, 9.17) is 9.47 Å². The molecule has 2 N–H and O–H groups in total. The molecule has 166 valence electrons. The van der Waals surface area contributed by atoms with E-state index in [2.05, 4.69) is 10.6 Å². The van der Waals surface area contributed by atoms with Crippen LogP contribution < -0.4 is 15.4 Å². The van der Waals surface area contributed by atoms with E-state index in [0.717, 1.165) is 25.0 Å². The highest BCUT2D eigenvalue weighted by molar-refractivity contribution is 6.01. The molecule has 0 aliphatic carbocycles. The van der Waals surface area contributed by atoms with Gasteiger partial charge in [-0.05, 0) is 49.1 Å². The Balaban J connectivity index is 1.50. The number of nitrogens with one attached hydrogen (secondary N) is 2. The lowest BCUT2D eigenvalue weighted by Crippen LogP contribution is -2.35. The highest BCUT2D eigenvalue weighted by Crippen LogP contribution is 2.16. The maximum atomic E-state index is 12.5. The summed E-state index contributed by atoms with van der Waals surface area (Å²) in [6.07, 6.45) is 3.60. The zero-order valence-corrected chi connectivity index (χ0v) is 18.0. The van der Waals surface area contributed by atoms with Crippen LogP contribution in [-0.2, 0) is 14.3 Å². The van der Waals surface area contributed by atoms with Crippen molar-refractivity contribution >= 4 is 17.9 Å². The highest BCUT2D eigenvalue weighted by Gasteiger charge is 2.16. The van der Waals surface area contributed by atoms with Gasteiger partial charge in [0, 0.05) is 13.2 Å². The number of amides is 2. The summed E-state index contributed by atoms with van der Waals surface area (Å²) >= 11 is 0. The zero-order valence-electron chi connectivity index (χ0n) is 18.0. The fourth-order valence-corrected chi connectivity index (χ4v) is 3.31. The largest absolute Gasteiger partial charge is 0.484 e. The third kappa shape index (κ3) is 6.96. The van der Waals surface area contributed by atoms with Crippen LogP contribution in [0.15, 0.2) is 60.2 Å². The molecular formula is C25H27N3O4. The van der Waals surface area contributed by atoms with Gasteiger partial charge in [-0.3, -0.25) is 9.59 Å². The van der Waals surface area contributed by atoms with Crippen molar-refractivity contribution in [3.8, 4) is 11.8 Å². The van der Waals surface area contributed by atoms with Gasteiger partial charge in [-0.25, -0.2) is 0 Å². The smallest absolute Gasteiger partial charge is 0.262 e. The summed E-state index contributed by atoms with van der Waals surface area (Å²) in [7, 11) is 0. The van der Waals surface area contributed by atoms with E-state index in [9.17, 15) is 14.9 Å². The van der Waals surface area contributed by atoms with Gasteiger partial charge in [-0.1, -0.05) is 42.5 Å². The lowest BCUT2D eigenvalue weighted by molar-refractivity contribution is -0.123. The first kappa shape index (κ1) is 23.0. The highest BCUT2D eigenvalue weighted by atomic mass is 16.5. The van der Waals surface area contributed by atoms with Crippen molar-refractivity contribution in [3.05, 3.63) is 71.3 Å². The second-order valence-electron chi connectivity index (χ2n) is 7.57. The number of carbonyl (C=O) groups is 2. The summed E-state index contributed by atoms with van der Waals surface area (Å²) in [5.41, 5.74) is 1.65. The number of benzene rings is 2. The number of nitriles is 1. The molecule has 2 aromatic rings. The summed E-state index contributed by atoms with van der Waals surface area (Å²) in [5.74, 6) is -0.123. The van der Waals surface area contributed by atoms with E-state index in [1.165, 1.54) is 6.08 Å². The van der Waals surface area contributed by atoms with E-state index >= 15 is 0 Å². The van der Waals surface area contributed by atoms with Gasteiger partial charge in [-0.2, -0.15) is 5.26 Å². The number of ether oxygens (including phenoxy) is 2. The fourth-order valence-electron chi connectivity index (χ4n) is 3.31. The molecule has 2 atom stereocenters. The van der Waals surface area contributed by atoms with Crippen molar-refractivity contribution < 1.29 is 19.1 Å². The summed E-state index contributed by atoms with van der Waals surface area (Å²) in [6, 6.07) is 18.1. The molecule has 2 aromatic carbocycles. The van der Waals surface area contributed by atoms with Gasteiger partial charge in [0.25, 0.3) is 11.8 Å². The van der Waals surface area contributed by atoms with Crippen molar-refractivity contribution in [2.45, 2.75) is 31.9 Å². The molecule has 32 heavy (non-hydrogen) atoms. The van der Waals surface area contributed by atoms with Crippen LogP contribution >= 0.6 is 0 Å². The van der Waals surface area contributed by atoms with Gasteiger partial charge in [0.1, 0.15) is 17.4 Å². The van der Waals surface area contributed by atoms with Gasteiger partial charge in [0.05, 0.1) is 12.1 Å². The van der Waals surface area contributed by atoms with Crippen LogP contribution in [-0.4, -0.2) is 37.7 Å². The van der Waals surface area contributed by atoms with E-state index in [0.29, 0.717) is 17.9 Å². The number of carbonyl (C=O) groups excluding carboxylic acids is 2. The Hall–Kier alpha value is -3.63. The SMILES string of the molecule is C[C@H](NC(=O)/C(C#N)=C/c1ccc(OCC(=O)NC[C@H]2CCCO2)cc1)c1ccccc1. The average Bonchev–Trinajstić information content (AvgIpc) is 3.35. The first-order valence-electron chi connectivity index (χ1n) is 10.6. The van der Waals surface area contributed by atoms with Crippen LogP contribution in [0.1, 0.15) is 36.9 Å². The topological polar surface area (TPSA) is 100 Å². The molecule has 1 heterocycles. The molecule has 0 unspecified atom stereocenters. The van der Waals surface area contributed by atoms with Crippen molar-refractivity contribution in [1.82, 2.24) is 10.6 Å². The minimum atomic E-state index is -0.438. The van der Waals surface area contributed by atoms with Crippen molar-refractivity contribution in [2.24, 2.45) is 0 Å². The molecule has 1 fully saturated rings. The zero-order chi connectivity index (χ0) is 22.8. The van der Waals surface area contributed by atoms with E-state index in [-0.39, 0.29) is 30.2 Å². The lowest BCUT2D eigenvalue weighted by Gasteiger charge is -2.13. The van der Waals surface area contributed by atoms with Crippen molar-refractivity contribution in [1.29, 1.82) is 5.26 Å². The summed E-state index contributed by atoms with van der Waals surface area (Å²) in [4.78, 5) is 24.4. The van der Waals surface area contributed by atoms with Gasteiger partial charge in [0.15, 0.2) is 6.61 Å². The maximum absolute atomic E-state index is 12.5. The Kier molecular flexibility index (Phi) is 8.41. The van der Waals surface area contributed by atoms with Crippen LogP contribution in [0, 0.1) is 11.3 Å². The maximum Gasteiger partial charge on any atom is 0.262 e. The normalized spacial score (nSPS) is 16.6. The minimum absolute atomic E-state index is 0.00922. The van der Waals surface area contributed by atoms with Crippen LogP contribution in [0.4, 0.5) is 0 Å². The summed E-state index contributed by atoms with van der Waals surface area (Å²) < 4.78 is 11.0. The molecule has 1 aliphatic heterocycles. The molecule has 1 aliphatic rings. The molecule has 7 nitrogen and oxygen atoms in total. The minimum Gasteiger partial charge on any atom is -0.484 e. The molecule has 2 amide bonds. The van der Waals surface area contributed by atoms with Gasteiger partial charge < -0.3 is 20.1 Å². The second-order valence-corrected chi connectivity index (χ2v) is 7.57. The lowest BCUT2D eigenvalue weighted by atomic mass is 10.1. The molecule has 0 radical (unpaired) electrons. The second kappa shape index (κ2) is 11.7. The molecular weight excluding hydrogens is 406 g/mol. The molecule has 0 saturated carbocycles. The van der Waals surface area contributed by atoms with Crippen LogP contribution in [0.2, 0.25) is 0 Å². The Bertz CT molecular complexity index is 974. The predicted molar refractivity (Wildman–Crippen MR) is 121 cm³/mol. The Morgan fingerprint density at radius 2 is 1.97 bits per heavy atom. The number of hydrogen-bond donors (Lipinski definition) is 2. The third-order valence-electron chi connectivity index (χ3n) is 5.12. The fraction of sp³-hybridized carbons (Fsp3) is 0.320. The van der Waals surface area contributed by atoms with Crippen LogP contribution in [0.3, 0.4) is 0 Å². The molecule has 0 bridgehead atoms. The van der Waals surface area contributed by atoms with E-state index in [1.807, 2.05) is 43.3 Å². The van der Waals surface area contributed by atoms with Crippen LogP contribution in [0.25, 0.3) is 6.08 Å². The van der Waals surface area contributed by atoms with Gasteiger partial charge in [0.2, 0.25) is 0 Å². The molecule has 3 rings (SSSR count). The molecule has 0 spiro atoms. The quantitative estimate of drug-likeness (QED) is 0.467. The van der Waals surface area contributed by atoms with Gasteiger partial charge >= 0.3 is 0 Å². The monoisotopic (exact) mass is 433 g/mol. The Morgan fingerprint density at radius 3 is 2.62 bits per heavy atom. The van der Waals surface area contributed by atoms with Crippen molar-refractivity contribution in [3.63, 3.8) is 0 Å². The summed E-state index contributed by atoms with van der Waals surface area (Å²) in [5, 5.41) is 15.0. The molecule has 0 aromatic heterocycles. The number of rotatable bonds is 9. The van der Waals surface area contributed by atoms with Crippen LogP contribution in [0.5, 0.6) is 5.75 Å². The number of nitrogens with zero attached hydrogens (tertiary/aromatic N) is 1. The average molecular weight is 434 g/mol. The van der Waals surface area contributed by atoms with E-state index in [1.54, 1.807) is 24.3 Å². The first-order chi connectivity index (χ1) is 15.5. The third-order valence-corrected chi connectivity index (χ3v) is 5.12. The van der Waals surface area contributed by atoms with Gasteiger partial charge in [-0.15, -0.1) is 0 Å². The molecule has 1 saturated heterocycles. The Labute approximate surface area is 188 Å². The number of hydrogen-bond acceptors (Lipinski definition) is 5. The first-order valence-corrected chi connectivity index (χ1v) is 10.6. The predicted octanol–water partition coefficient (Wildman–Crippen LogP) is 3.14. The summed E-state index contributed by atoms with van der Waals surface area (Å²) in [6.45, 7) is 3.02.